The lowest BCUT2D eigenvalue weighted by Crippen LogP contribution is -2.36. The van der Waals surface area contributed by atoms with Gasteiger partial charge in [0.1, 0.15) is 12.2 Å². The number of amides is 1. The number of nitrogens with zero attached hydrogens (tertiary/aromatic N) is 2. The van der Waals surface area contributed by atoms with Crippen molar-refractivity contribution in [2.24, 2.45) is 4.99 Å². The van der Waals surface area contributed by atoms with E-state index in [1.54, 1.807) is 6.08 Å². The Morgan fingerprint density at radius 1 is 1.17 bits per heavy atom. The quantitative estimate of drug-likeness (QED) is 0.589. The highest BCUT2D eigenvalue weighted by Gasteiger charge is 2.32. The summed E-state index contributed by atoms with van der Waals surface area (Å²) in [7, 11) is 2.51. The van der Waals surface area contributed by atoms with Gasteiger partial charge in [-0.05, 0) is 11.6 Å². The first-order valence-electron chi connectivity index (χ1n) is 6.99. The Hall–Kier alpha value is -2.61. The van der Waals surface area contributed by atoms with Crippen LogP contribution in [0.3, 0.4) is 0 Å². The van der Waals surface area contributed by atoms with Gasteiger partial charge in [0, 0.05) is 0 Å². The summed E-state index contributed by atoms with van der Waals surface area (Å²) < 4.78 is 9.17. The predicted octanol–water partition coefficient (Wildman–Crippen LogP) is 1.30. The van der Waals surface area contributed by atoms with Crippen LogP contribution in [0.2, 0.25) is 0 Å². The van der Waals surface area contributed by atoms with Crippen molar-refractivity contribution in [2.75, 3.05) is 26.5 Å². The molecule has 1 aliphatic rings. The monoisotopic (exact) mass is 348 g/mol. The maximum absolute atomic E-state index is 12.5. The SMILES string of the molecule is COC(=O)CSC1=N/C(=C/c2ccccc2)C(=O)N1CC(=O)OC. The van der Waals surface area contributed by atoms with Crippen LogP contribution in [0.5, 0.6) is 0 Å². The maximum Gasteiger partial charge on any atom is 0.325 e. The van der Waals surface area contributed by atoms with Crippen LogP contribution < -0.4 is 0 Å². The molecule has 0 aliphatic carbocycles. The second kappa shape index (κ2) is 8.30. The molecule has 1 aliphatic heterocycles. The summed E-state index contributed by atoms with van der Waals surface area (Å²) in [5.41, 5.74) is 0.999. The molecule has 24 heavy (non-hydrogen) atoms. The second-order valence-corrected chi connectivity index (χ2v) is 5.61. The summed E-state index contributed by atoms with van der Waals surface area (Å²) in [5, 5.41) is 0.262. The van der Waals surface area contributed by atoms with E-state index in [1.165, 1.54) is 19.1 Å². The molecular formula is C16H16N2O5S. The number of thioether (sulfide) groups is 1. The van der Waals surface area contributed by atoms with E-state index in [0.29, 0.717) is 0 Å². The van der Waals surface area contributed by atoms with E-state index in [0.717, 1.165) is 17.3 Å². The molecule has 0 saturated carbocycles. The number of hydrogen-bond donors (Lipinski definition) is 0. The molecule has 1 amide bonds. The number of carbonyl (C=O) groups excluding carboxylic acids is 3. The highest BCUT2D eigenvalue weighted by Crippen LogP contribution is 2.24. The van der Waals surface area contributed by atoms with Gasteiger partial charge in [0.25, 0.3) is 5.91 Å². The number of esters is 2. The Kier molecular flexibility index (Phi) is 6.14. The minimum atomic E-state index is -0.573. The number of amidine groups is 1. The molecule has 0 saturated heterocycles. The number of ether oxygens (including phenoxy) is 2. The Labute approximate surface area is 143 Å². The Bertz CT molecular complexity index is 700. The van der Waals surface area contributed by atoms with E-state index in [4.69, 9.17) is 0 Å². The van der Waals surface area contributed by atoms with E-state index >= 15 is 0 Å². The summed E-state index contributed by atoms with van der Waals surface area (Å²) in [6.07, 6.45) is 1.62. The minimum absolute atomic E-state index is 0.0150. The van der Waals surface area contributed by atoms with E-state index in [2.05, 4.69) is 14.5 Å². The number of hydrogen-bond acceptors (Lipinski definition) is 7. The van der Waals surface area contributed by atoms with E-state index in [9.17, 15) is 14.4 Å². The van der Waals surface area contributed by atoms with Gasteiger partial charge >= 0.3 is 11.9 Å². The highest BCUT2D eigenvalue weighted by atomic mass is 32.2. The molecule has 0 fully saturated rings. The van der Waals surface area contributed by atoms with Gasteiger partial charge in [-0.3, -0.25) is 19.3 Å². The number of benzene rings is 1. The van der Waals surface area contributed by atoms with Crippen LogP contribution in [-0.4, -0.2) is 54.4 Å². The van der Waals surface area contributed by atoms with Crippen molar-refractivity contribution in [3.63, 3.8) is 0 Å². The molecule has 0 spiro atoms. The molecule has 2 rings (SSSR count). The third-order valence-corrected chi connectivity index (χ3v) is 4.03. The van der Waals surface area contributed by atoms with Crippen molar-refractivity contribution in [2.45, 2.75) is 0 Å². The van der Waals surface area contributed by atoms with Crippen LogP contribution in [0, 0.1) is 0 Å². The Balaban J connectivity index is 2.24. The lowest BCUT2D eigenvalue weighted by molar-refractivity contribution is -0.143. The summed E-state index contributed by atoms with van der Waals surface area (Å²) in [5.74, 6) is -1.46. The van der Waals surface area contributed by atoms with Gasteiger partial charge in [0.05, 0.1) is 20.0 Å². The lowest BCUT2D eigenvalue weighted by Gasteiger charge is -2.15. The minimum Gasteiger partial charge on any atom is -0.468 e. The van der Waals surface area contributed by atoms with E-state index in [-0.39, 0.29) is 23.2 Å². The molecule has 0 aromatic heterocycles. The van der Waals surface area contributed by atoms with Crippen molar-refractivity contribution in [3.8, 4) is 0 Å². The van der Waals surface area contributed by atoms with Crippen molar-refractivity contribution in [3.05, 3.63) is 41.6 Å². The normalized spacial score (nSPS) is 15.4. The van der Waals surface area contributed by atoms with Crippen molar-refractivity contribution >= 4 is 40.9 Å². The van der Waals surface area contributed by atoms with Gasteiger partial charge in [-0.1, -0.05) is 42.1 Å². The van der Waals surface area contributed by atoms with Crippen LogP contribution in [0.1, 0.15) is 5.56 Å². The standard InChI is InChI=1S/C16H16N2O5S/c1-22-13(19)9-18-15(21)12(8-11-6-4-3-5-7-11)17-16(18)24-10-14(20)23-2/h3-8H,9-10H2,1-2H3/b12-8+. The largest absolute Gasteiger partial charge is 0.468 e. The summed E-state index contributed by atoms with van der Waals surface area (Å²) in [6, 6.07) is 9.21. The zero-order valence-electron chi connectivity index (χ0n) is 13.2. The van der Waals surface area contributed by atoms with Crippen LogP contribution in [0.15, 0.2) is 41.0 Å². The third kappa shape index (κ3) is 4.45. The average Bonchev–Trinajstić information content (AvgIpc) is 2.89. The van der Waals surface area contributed by atoms with Gasteiger partial charge < -0.3 is 9.47 Å². The Morgan fingerprint density at radius 3 is 2.46 bits per heavy atom. The fraction of sp³-hybridized carbons (Fsp3) is 0.250. The molecule has 1 heterocycles. The number of methoxy groups -OCH3 is 2. The average molecular weight is 348 g/mol. The molecule has 126 valence electrons. The summed E-state index contributed by atoms with van der Waals surface area (Å²) >= 11 is 1.03. The number of rotatable bonds is 5. The molecule has 0 N–H and O–H groups in total. The van der Waals surface area contributed by atoms with Gasteiger partial charge in [-0.15, -0.1) is 0 Å². The van der Waals surface area contributed by atoms with Gasteiger partial charge in [-0.25, -0.2) is 4.99 Å². The van der Waals surface area contributed by atoms with Crippen molar-refractivity contribution in [1.29, 1.82) is 0 Å². The number of carbonyl (C=O) groups is 3. The van der Waals surface area contributed by atoms with Gasteiger partial charge in [0.2, 0.25) is 0 Å². The molecular weight excluding hydrogens is 332 g/mol. The van der Waals surface area contributed by atoms with E-state index < -0.39 is 17.8 Å². The first kappa shape index (κ1) is 17.7. The molecule has 0 bridgehead atoms. The van der Waals surface area contributed by atoms with E-state index in [1.807, 2.05) is 30.3 Å². The van der Waals surface area contributed by atoms with Crippen molar-refractivity contribution in [1.82, 2.24) is 4.90 Å². The highest BCUT2D eigenvalue weighted by molar-refractivity contribution is 8.14. The Morgan fingerprint density at radius 2 is 1.83 bits per heavy atom. The fourth-order valence-corrected chi connectivity index (χ4v) is 2.69. The lowest BCUT2D eigenvalue weighted by atomic mass is 10.2. The third-order valence-electron chi connectivity index (χ3n) is 3.08. The molecule has 1 aromatic rings. The first-order valence-corrected chi connectivity index (χ1v) is 7.97. The summed E-state index contributed by atoms with van der Waals surface area (Å²) in [6.45, 7) is -0.269. The fourth-order valence-electron chi connectivity index (χ4n) is 1.86. The molecule has 0 atom stereocenters. The molecule has 0 radical (unpaired) electrons. The zero-order chi connectivity index (χ0) is 17.5. The smallest absolute Gasteiger partial charge is 0.325 e. The second-order valence-electron chi connectivity index (χ2n) is 4.67. The van der Waals surface area contributed by atoms with Crippen LogP contribution in [0.25, 0.3) is 6.08 Å². The molecule has 0 unspecified atom stereocenters. The zero-order valence-corrected chi connectivity index (χ0v) is 14.0. The molecule has 7 nitrogen and oxygen atoms in total. The maximum atomic E-state index is 12.5. The molecule has 8 heteroatoms. The van der Waals surface area contributed by atoms with Crippen LogP contribution >= 0.6 is 11.8 Å². The van der Waals surface area contributed by atoms with Crippen molar-refractivity contribution < 1.29 is 23.9 Å². The molecule has 1 aromatic carbocycles. The predicted molar refractivity (Wildman–Crippen MR) is 90.1 cm³/mol. The topological polar surface area (TPSA) is 85.3 Å². The summed E-state index contributed by atoms with van der Waals surface area (Å²) in [4.78, 5) is 40.7. The van der Waals surface area contributed by atoms with Crippen LogP contribution in [-0.2, 0) is 23.9 Å². The van der Waals surface area contributed by atoms with Crippen LogP contribution in [0.4, 0.5) is 0 Å². The van der Waals surface area contributed by atoms with Gasteiger partial charge in [-0.2, -0.15) is 0 Å². The first-order chi connectivity index (χ1) is 11.5. The van der Waals surface area contributed by atoms with Gasteiger partial charge in [0.15, 0.2) is 5.17 Å². The number of aliphatic imine (C=N–C) groups is 1.